The Hall–Kier alpha value is -1.97. The molecule has 4 rings (SSSR count). The van der Waals surface area contributed by atoms with Crippen LogP contribution in [-0.4, -0.2) is 37.8 Å². The topological polar surface area (TPSA) is 15.3 Å². The van der Waals surface area contributed by atoms with E-state index in [1.165, 1.54) is 27.1 Å². The number of alkyl halides is 1. The number of benzene rings is 3. The molecule has 3 heteroatoms. The molecule has 3 aromatic rings. The number of hydrogen-bond acceptors (Lipinski definition) is 2. The first kappa shape index (κ1) is 15.6. The Morgan fingerprint density at radius 1 is 0.917 bits per heavy atom. The fraction of sp³-hybridized carbons (Fsp3) is 0.333. The molecule has 124 valence electrons. The van der Waals surface area contributed by atoms with Crippen molar-refractivity contribution in [2.24, 2.45) is 0 Å². The summed E-state index contributed by atoms with van der Waals surface area (Å²) in [5.74, 6) is 0. The highest BCUT2D eigenvalue weighted by Crippen LogP contribution is 2.35. The van der Waals surface area contributed by atoms with E-state index >= 15 is 0 Å². The van der Waals surface area contributed by atoms with E-state index in [4.69, 9.17) is 0 Å². The molecule has 0 unspecified atom stereocenters. The summed E-state index contributed by atoms with van der Waals surface area (Å²) in [5.41, 5.74) is 1.27. The molecule has 0 saturated carbocycles. The first-order chi connectivity index (χ1) is 11.9. The Morgan fingerprint density at radius 2 is 1.58 bits per heavy atom. The van der Waals surface area contributed by atoms with Crippen molar-refractivity contribution in [3.8, 4) is 0 Å². The van der Waals surface area contributed by atoms with Crippen LogP contribution < -0.4 is 5.32 Å². The molecule has 1 fully saturated rings. The van der Waals surface area contributed by atoms with Gasteiger partial charge in [0, 0.05) is 32.2 Å². The predicted molar refractivity (Wildman–Crippen MR) is 99.2 cm³/mol. The van der Waals surface area contributed by atoms with Gasteiger partial charge < -0.3 is 5.32 Å². The molecule has 0 aliphatic carbocycles. The van der Waals surface area contributed by atoms with Crippen molar-refractivity contribution in [3.05, 3.63) is 60.2 Å². The molecule has 3 aromatic carbocycles. The smallest absolute Gasteiger partial charge is 0.0912 e. The van der Waals surface area contributed by atoms with Gasteiger partial charge >= 0.3 is 0 Å². The van der Waals surface area contributed by atoms with Crippen molar-refractivity contribution in [2.75, 3.05) is 32.9 Å². The molecule has 1 aliphatic rings. The monoisotopic (exact) mass is 322 g/mol. The number of rotatable bonds is 4. The van der Waals surface area contributed by atoms with Crippen molar-refractivity contribution >= 4 is 21.5 Å². The van der Waals surface area contributed by atoms with Crippen molar-refractivity contribution in [2.45, 2.75) is 12.5 Å². The molecule has 0 aromatic heterocycles. The first-order valence-corrected chi connectivity index (χ1v) is 8.79. The van der Waals surface area contributed by atoms with Crippen LogP contribution in [0.4, 0.5) is 4.39 Å². The van der Waals surface area contributed by atoms with Gasteiger partial charge in [-0.05, 0) is 39.6 Å². The van der Waals surface area contributed by atoms with Crippen molar-refractivity contribution in [3.63, 3.8) is 0 Å². The van der Waals surface area contributed by atoms with Crippen LogP contribution in [0.25, 0.3) is 21.5 Å². The molecule has 1 heterocycles. The minimum absolute atomic E-state index is 0.145. The van der Waals surface area contributed by atoms with E-state index < -0.39 is 0 Å². The highest BCUT2D eigenvalue weighted by Gasteiger charge is 2.24. The largest absolute Gasteiger partial charge is 0.314 e. The molecule has 0 bridgehead atoms. The predicted octanol–water partition coefficient (Wildman–Crippen LogP) is 4.30. The third kappa shape index (κ3) is 2.79. The fourth-order valence-corrected chi connectivity index (χ4v) is 3.99. The average molecular weight is 322 g/mol. The van der Waals surface area contributed by atoms with Gasteiger partial charge in [0.2, 0.25) is 0 Å². The lowest BCUT2D eigenvalue weighted by atomic mass is 9.91. The lowest BCUT2D eigenvalue weighted by molar-refractivity contribution is 0.158. The summed E-state index contributed by atoms with van der Waals surface area (Å²) in [6.45, 7) is 3.63. The van der Waals surface area contributed by atoms with E-state index in [-0.39, 0.29) is 12.7 Å². The maximum atomic E-state index is 13.4. The summed E-state index contributed by atoms with van der Waals surface area (Å²) >= 11 is 0. The molecule has 0 amide bonds. The van der Waals surface area contributed by atoms with Crippen LogP contribution >= 0.6 is 0 Å². The molecule has 1 saturated heterocycles. The van der Waals surface area contributed by atoms with E-state index in [2.05, 4.69) is 64.8 Å². The summed E-state index contributed by atoms with van der Waals surface area (Å²) in [4.78, 5) is 2.44. The van der Waals surface area contributed by atoms with E-state index in [1.54, 1.807) is 0 Å². The van der Waals surface area contributed by atoms with Crippen LogP contribution in [0.15, 0.2) is 54.6 Å². The van der Waals surface area contributed by atoms with Gasteiger partial charge in [-0.15, -0.1) is 0 Å². The van der Waals surface area contributed by atoms with Crippen LogP contribution in [0.1, 0.15) is 18.0 Å². The molecular formula is C21H23FN2. The zero-order valence-corrected chi connectivity index (χ0v) is 13.8. The Morgan fingerprint density at radius 3 is 2.33 bits per heavy atom. The number of hydrogen-bond donors (Lipinski definition) is 1. The van der Waals surface area contributed by atoms with Gasteiger partial charge in [0.15, 0.2) is 0 Å². The van der Waals surface area contributed by atoms with Crippen LogP contribution in [0, 0.1) is 0 Å². The van der Waals surface area contributed by atoms with Crippen LogP contribution in [0.5, 0.6) is 0 Å². The Kier molecular flexibility index (Phi) is 4.46. The molecule has 24 heavy (non-hydrogen) atoms. The van der Waals surface area contributed by atoms with Crippen molar-refractivity contribution < 1.29 is 4.39 Å². The number of nitrogens with zero attached hydrogens (tertiary/aromatic N) is 1. The summed E-state index contributed by atoms with van der Waals surface area (Å²) in [6.07, 6.45) is 0.558. The highest BCUT2D eigenvalue weighted by atomic mass is 19.1. The summed E-state index contributed by atoms with van der Waals surface area (Å²) in [5, 5.41) is 8.44. The van der Waals surface area contributed by atoms with E-state index in [0.717, 1.165) is 26.2 Å². The zero-order valence-electron chi connectivity index (χ0n) is 13.8. The normalized spacial score (nSPS) is 17.4. The summed E-state index contributed by atoms with van der Waals surface area (Å²) in [7, 11) is 0. The highest BCUT2D eigenvalue weighted by molar-refractivity contribution is 6.09. The fourth-order valence-electron chi connectivity index (χ4n) is 3.99. The summed E-state index contributed by atoms with van der Waals surface area (Å²) < 4.78 is 13.4. The van der Waals surface area contributed by atoms with E-state index in [0.29, 0.717) is 6.42 Å². The van der Waals surface area contributed by atoms with Crippen molar-refractivity contribution in [1.29, 1.82) is 0 Å². The number of fused-ring (bicyclic) bond motifs is 3. The Labute approximate surface area is 142 Å². The van der Waals surface area contributed by atoms with Gasteiger partial charge in [-0.25, -0.2) is 0 Å². The zero-order chi connectivity index (χ0) is 16.4. The second-order valence-electron chi connectivity index (χ2n) is 6.51. The Bertz CT molecular complexity index is 839. The molecule has 0 spiro atoms. The molecule has 1 atom stereocenters. The van der Waals surface area contributed by atoms with E-state index in [9.17, 15) is 4.39 Å². The first-order valence-electron chi connectivity index (χ1n) is 8.79. The standard InChI is InChI=1S/C21H23FN2/c22-10-9-21(24-13-11-23-12-14-24)20-15-16-5-1-2-6-17(16)18-7-3-4-8-19(18)20/h1-8,15,21,23H,9-14H2/t21-/m1/s1. The Balaban J connectivity index is 1.91. The quantitative estimate of drug-likeness (QED) is 0.721. The molecule has 1 aliphatic heterocycles. The van der Waals surface area contributed by atoms with Crippen molar-refractivity contribution in [1.82, 2.24) is 10.2 Å². The second kappa shape index (κ2) is 6.88. The minimum Gasteiger partial charge on any atom is -0.314 e. The lowest BCUT2D eigenvalue weighted by Crippen LogP contribution is -2.45. The SMILES string of the molecule is FCC[C@H](c1cc2ccccc2c2ccccc12)N1CCNCC1. The number of piperazine rings is 1. The minimum atomic E-state index is -0.282. The summed E-state index contributed by atoms with van der Waals surface area (Å²) in [6, 6.07) is 19.5. The molecular weight excluding hydrogens is 299 g/mol. The molecule has 2 nitrogen and oxygen atoms in total. The third-order valence-corrected chi connectivity index (χ3v) is 5.13. The van der Waals surface area contributed by atoms with Gasteiger partial charge in [-0.3, -0.25) is 9.29 Å². The van der Waals surface area contributed by atoms with Crippen LogP contribution in [-0.2, 0) is 0 Å². The van der Waals surface area contributed by atoms with E-state index in [1.807, 2.05) is 0 Å². The van der Waals surface area contributed by atoms with Gasteiger partial charge in [-0.1, -0.05) is 48.5 Å². The van der Waals surface area contributed by atoms with Crippen LogP contribution in [0.2, 0.25) is 0 Å². The molecule has 1 N–H and O–H groups in total. The van der Waals surface area contributed by atoms with Gasteiger partial charge in [-0.2, -0.15) is 0 Å². The second-order valence-corrected chi connectivity index (χ2v) is 6.51. The number of halogens is 1. The third-order valence-electron chi connectivity index (χ3n) is 5.13. The number of nitrogens with one attached hydrogen (secondary N) is 1. The average Bonchev–Trinajstić information content (AvgIpc) is 2.66. The van der Waals surface area contributed by atoms with Gasteiger partial charge in [0.25, 0.3) is 0 Å². The maximum absolute atomic E-state index is 13.4. The molecule has 0 radical (unpaired) electrons. The van der Waals surface area contributed by atoms with Gasteiger partial charge in [0.1, 0.15) is 0 Å². The maximum Gasteiger partial charge on any atom is 0.0912 e. The van der Waals surface area contributed by atoms with Crippen LogP contribution in [0.3, 0.4) is 0 Å². The van der Waals surface area contributed by atoms with Gasteiger partial charge in [0.05, 0.1) is 6.67 Å². The lowest BCUT2D eigenvalue weighted by Gasteiger charge is -2.35.